The number of H-pyrrole nitrogens is 1. The average molecular weight is 537 g/mol. The SMILES string of the molecule is Cc1c(C(=O)N2CCN(CCOc3cccc(CN(C)Cc4cccs4)c3)CC2)[nH]c2ccc(Cl)cc12. The third-order valence-electron chi connectivity index (χ3n) is 6.93. The molecule has 1 amide bonds. The minimum Gasteiger partial charge on any atom is -0.492 e. The molecule has 8 heteroatoms. The predicted molar refractivity (Wildman–Crippen MR) is 152 cm³/mol. The van der Waals surface area contributed by atoms with Crippen LogP contribution in [-0.2, 0) is 13.1 Å². The van der Waals surface area contributed by atoms with Crippen LogP contribution in [0.25, 0.3) is 10.9 Å². The van der Waals surface area contributed by atoms with Crippen molar-refractivity contribution >= 4 is 39.7 Å². The zero-order chi connectivity index (χ0) is 25.8. The number of aromatic nitrogens is 1. The van der Waals surface area contributed by atoms with Crippen molar-refractivity contribution < 1.29 is 9.53 Å². The summed E-state index contributed by atoms with van der Waals surface area (Å²) in [6, 6.07) is 18.3. The number of aromatic amines is 1. The third-order valence-corrected chi connectivity index (χ3v) is 8.02. The second-order valence-electron chi connectivity index (χ2n) is 9.70. The zero-order valence-corrected chi connectivity index (χ0v) is 22.9. The lowest BCUT2D eigenvalue weighted by atomic mass is 10.1. The van der Waals surface area contributed by atoms with Gasteiger partial charge in [-0.3, -0.25) is 14.6 Å². The van der Waals surface area contributed by atoms with Gasteiger partial charge in [0, 0.05) is 66.6 Å². The second-order valence-corrected chi connectivity index (χ2v) is 11.2. The van der Waals surface area contributed by atoms with Gasteiger partial charge in [0.1, 0.15) is 18.1 Å². The Bertz CT molecular complexity index is 1350. The first-order valence-electron chi connectivity index (χ1n) is 12.7. The molecule has 1 saturated heterocycles. The van der Waals surface area contributed by atoms with Gasteiger partial charge in [-0.1, -0.05) is 29.8 Å². The lowest BCUT2D eigenvalue weighted by Gasteiger charge is -2.34. The number of carbonyl (C=O) groups is 1. The lowest BCUT2D eigenvalue weighted by Crippen LogP contribution is -2.49. The van der Waals surface area contributed by atoms with Gasteiger partial charge in [0.2, 0.25) is 0 Å². The highest BCUT2D eigenvalue weighted by atomic mass is 35.5. The third kappa shape index (κ3) is 6.36. The van der Waals surface area contributed by atoms with Crippen molar-refractivity contribution in [2.75, 3.05) is 46.4 Å². The van der Waals surface area contributed by atoms with Crippen LogP contribution in [0.4, 0.5) is 0 Å². The number of fused-ring (bicyclic) bond motifs is 1. The van der Waals surface area contributed by atoms with Crippen LogP contribution in [0.2, 0.25) is 5.02 Å². The summed E-state index contributed by atoms with van der Waals surface area (Å²) in [5, 5.41) is 3.80. The number of thiophene rings is 1. The van der Waals surface area contributed by atoms with Crippen LogP contribution in [0, 0.1) is 6.92 Å². The number of carbonyl (C=O) groups excluding carboxylic acids is 1. The number of hydrogen-bond acceptors (Lipinski definition) is 5. The van der Waals surface area contributed by atoms with Crippen LogP contribution in [-0.4, -0.2) is 72.0 Å². The number of halogens is 1. The summed E-state index contributed by atoms with van der Waals surface area (Å²) in [7, 11) is 2.15. The fourth-order valence-electron chi connectivity index (χ4n) is 4.91. The number of piperazine rings is 1. The van der Waals surface area contributed by atoms with Gasteiger partial charge in [0.15, 0.2) is 0 Å². The Morgan fingerprint density at radius 3 is 2.70 bits per heavy atom. The van der Waals surface area contributed by atoms with Gasteiger partial charge >= 0.3 is 0 Å². The van der Waals surface area contributed by atoms with E-state index in [4.69, 9.17) is 16.3 Å². The fraction of sp³-hybridized carbons (Fsp3) is 0.345. The average Bonchev–Trinajstić information content (AvgIpc) is 3.52. The van der Waals surface area contributed by atoms with Crippen molar-refractivity contribution in [3.63, 3.8) is 0 Å². The predicted octanol–water partition coefficient (Wildman–Crippen LogP) is 5.66. The number of aryl methyl sites for hydroxylation is 1. The largest absolute Gasteiger partial charge is 0.492 e. The van der Waals surface area contributed by atoms with Crippen LogP contribution in [0.15, 0.2) is 60.0 Å². The summed E-state index contributed by atoms with van der Waals surface area (Å²) in [5.41, 5.74) is 3.81. The molecule has 5 rings (SSSR count). The molecular weight excluding hydrogens is 504 g/mol. The van der Waals surface area contributed by atoms with E-state index in [1.807, 2.05) is 36.1 Å². The van der Waals surface area contributed by atoms with Gasteiger partial charge in [-0.05, 0) is 66.9 Å². The van der Waals surface area contributed by atoms with Crippen LogP contribution < -0.4 is 4.74 Å². The van der Waals surface area contributed by atoms with E-state index in [1.165, 1.54) is 10.4 Å². The van der Waals surface area contributed by atoms with Crippen molar-refractivity contribution in [2.24, 2.45) is 0 Å². The van der Waals surface area contributed by atoms with Crippen molar-refractivity contribution in [3.8, 4) is 5.75 Å². The molecule has 194 valence electrons. The number of ether oxygens (including phenoxy) is 1. The standard InChI is InChI=1S/C29H33ClN4O2S/c1-21-26-18-23(30)8-9-27(26)31-28(21)29(35)34-12-10-33(11-13-34)14-15-36-24-6-3-5-22(17-24)19-32(2)20-25-7-4-16-37-25/h3-9,16-18,31H,10-15,19-20H2,1-2H3. The van der Waals surface area contributed by atoms with Gasteiger partial charge in [0.25, 0.3) is 5.91 Å². The molecule has 0 atom stereocenters. The lowest BCUT2D eigenvalue weighted by molar-refractivity contribution is 0.0615. The Hall–Kier alpha value is -2.84. The number of nitrogens with one attached hydrogen (secondary N) is 1. The van der Waals surface area contributed by atoms with Crippen molar-refractivity contribution in [1.82, 2.24) is 19.7 Å². The number of benzene rings is 2. The monoisotopic (exact) mass is 536 g/mol. The van der Waals surface area contributed by atoms with Crippen molar-refractivity contribution in [3.05, 3.63) is 86.7 Å². The van der Waals surface area contributed by atoms with E-state index < -0.39 is 0 Å². The van der Waals surface area contributed by atoms with Crippen LogP contribution in [0.5, 0.6) is 5.75 Å². The molecule has 2 aromatic carbocycles. The maximum atomic E-state index is 13.2. The molecule has 1 N–H and O–H groups in total. The molecule has 0 unspecified atom stereocenters. The molecule has 0 aliphatic carbocycles. The van der Waals surface area contributed by atoms with E-state index >= 15 is 0 Å². The Morgan fingerprint density at radius 1 is 1.08 bits per heavy atom. The number of amides is 1. The molecule has 1 fully saturated rings. The van der Waals surface area contributed by atoms with Gasteiger partial charge < -0.3 is 14.6 Å². The topological polar surface area (TPSA) is 51.8 Å². The molecule has 2 aromatic heterocycles. The van der Waals surface area contributed by atoms with Crippen molar-refractivity contribution in [2.45, 2.75) is 20.0 Å². The maximum absolute atomic E-state index is 13.2. The Kier molecular flexibility index (Phi) is 8.15. The molecule has 6 nitrogen and oxygen atoms in total. The Labute approximate surface area is 227 Å². The first-order valence-corrected chi connectivity index (χ1v) is 13.9. The molecule has 37 heavy (non-hydrogen) atoms. The molecule has 0 bridgehead atoms. The minimum absolute atomic E-state index is 0.0570. The first-order chi connectivity index (χ1) is 18.0. The normalized spacial score (nSPS) is 14.5. The summed E-state index contributed by atoms with van der Waals surface area (Å²) in [4.78, 5) is 24.5. The quantitative estimate of drug-likeness (QED) is 0.300. The van der Waals surface area contributed by atoms with Crippen LogP contribution >= 0.6 is 22.9 Å². The summed E-state index contributed by atoms with van der Waals surface area (Å²) in [5.74, 6) is 0.965. The highest BCUT2D eigenvalue weighted by Crippen LogP contribution is 2.26. The highest BCUT2D eigenvalue weighted by molar-refractivity contribution is 7.09. The van der Waals surface area contributed by atoms with Gasteiger partial charge in [-0.15, -0.1) is 11.3 Å². The second kappa shape index (κ2) is 11.7. The fourth-order valence-corrected chi connectivity index (χ4v) is 5.86. The van der Waals surface area contributed by atoms with Crippen LogP contribution in [0.1, 0.15) is 26.5 Å². The summed E-state index contributed by atoms with van der Waals surface area (Å²) in [6.45, 7) is 8.38. The van der Waals surface area contributed by atoms with E-state index in [0.717, 1.165) is 54.9 Å². The molecule has 1 aliphatic rings. The van der Waals surface area contributed by atoms with Gasteiger partial charge in [-0.2, -0.15) is 0 Å². The molecule has 0 spiro atoms. The van der Waals surface area contributed by atoms with Crippen LogP contribution in [0.3, 0.4) is 0 Å². The molecule has 3 heterocycles. The van der Waals surface area contributed by atoms with Gasteiger partial charge in [-0.25, -0.2) is 0 Å². The van der Waals surface area contributed by atoms with E-state index in [-0.39, 0.29) is 5.91 Å². The summed E-state index contributed by atoms with van der Waals surface area (Å²) in [6.07, 6.45) is 0. The summed E-state index contributed by atoms with van der Waals surface area (Å²) >= 11 is 7.94. The maximum Gasteiger partial charge on any atom is 0.270 e. The van der Waals surface area contributed by atoms with E-state index in [1.54, 1.807) is 11.3 Å². The van der Waals surface area contributed by atoms with E-state index in [2.05, 4.69) is 57.5 Å². The van der Waals surface area contributed by atoms with E-state index in [0.29, 0.717) is 30.4 Å². The Balaban J connectivity index is 1.07. The molecule has 0 saturated carbocycles. The zero-order valence-electron chi connectivity index (χ0n) is 21.4. The Morgan fingerprint density at radius 2 is 1.92 bits per heavy atom. The first kappa shape index (κ1) is 25.8. The number of rotatable bonds is 9. The molecular formula is C29H33ClN4O2S. The highest BCUT2D eigenvalue weighted by Gasteiger charge is 2.25. The molecule has 1 aliphatic heterocycles. The molecule has 0 radical (unpaired) electrons. The van der Waals surface area contributed by atoms with Crippen molar-refractivity contribution in [1.29, 1.82) is 0 Å². The van der Waals surface area contributed by atoms with E-state index in [9.17, 15) is 4.79 Å². The number of nitrogens with zero attached hydrogens (tertiary/aromatic N) is 3. The van der Waals surface area contributed by atoms with Gasteiger partial charge in [0.05, 0.1) is 0 Å². The minimum atomic E-state index is 0.0570. The summed E-state index contributed by atoms with van der Waals surface area (Å²) < 4.78 is 6.09. The number of hydrogen-bond donors (Lipinski definition) is 1. The molecule has 4 aromatic rings. The smallest absolute Gasteiger partial charge is 0.270 e.